The molecule has 1 amide bonds. The van der Waals surface area contributed by atoms with Gasteiger partial charge in [0.25, 0.3) is 5.91 Å². The number of benzene rings is 1. The lowest BCUT2D eigenvalue weighted by Gasteiger charge is -2.23. The summed E-state index contributed by atoms with van der Waals surface area (Å²) in [5.41, 5.74) is -0.802. The zero-order chi connectivity index (χ0) is 16.6. The molecule has 5 nitrogen and oxygen atoms in total. The van der Waals surface area contributed by atoms with Crippen LogP contribution in [0, 0.1) is 17.2 Å². The molecule has 7 heteroatoms. The van der Waals surface area contributed by atoms with Crippen molar-refractivity contribution in [1.29, 1.82) is 0 Å². The Kier molecular flexibility index (Phi) is 4.19. The van der Waals surface area contributed by atoms with E-state index in [9.17, 15) is 19.1 Å². The molecule has 124 valence electrons. The first-order valence-electron chi connectivity index (χ1n) is 7.51. The van der Waals surface area contributed by atoms with E-state index < -0.39 is 17.2 Å². The predicted octanol–water partition coefficient (Wildman–Crippen LogP) is 2.57. The number of halogens is 2. The Morgan fingerprint density at radius 2 is 2.26 bits per heavy atom. The summed E-state index contributed by atoms with van der Waals surface area (Å²) in [5.74, 6) is -1.34. The van der Waals surface area contributed by atoms with Crippen LogP contribution < -0.4 is 4.74 Å². The number of hydrogen-bond donors (Lipinski definition) is 1. The zero-order valence-corrected chi connectivity index (χ0v) is 13.2. The zero-order valence-electron chi connectivity index (χ0n) is 12.4. The summed E-state index contributed by atoms with van der Waals surface area (Å²) in [4.78, 5) is 25.4. The molecule has 2 aliphatic rings. The third-order valence-electron chi connectivity index (χ3n) is 4.89. The number of likely N-dealkylation sites (tertiary alicyclic amines) is 1. The second-order valence-electron chi connectivity index (χ2n) is 6.19. The van der Waals surface area contributed by atoms with E-state index in [1.165, 1.54) is 12.1 Å². The van der Waals surface area contributed by atoms with Gasteiger partial charge in [0, 0.05) is 13.1 Å². The molecule has 1 saturated carbocycles. The van der Waals surface area contributed by atoms with Gasteiger partial charge in [0.2, 0.25) is 0 Å². The lowest BCUT2D eigenvalue weighted by atomic mass is 9.81. The van der Waals surface area contributed by atoms with Crippen LogP contribution in [-0.4, -0.2) is 41.6 Å². The Hall–Kier alpha value is -1.82. The SMILES string of the molecule is O=C(COc1ccc(F)cc1Cl)N1C[C@@H]2CCC[C@@]2(C(=O)O)C1. The largest absolute Gasteiger partial charge is 0.482 e. The second-order valence-corrected chi connectivity index (χ2v) is 6.60. The van der Waals surface area contributed by atoms with Crippen LogP contribution in [-0.2, 0) is 9.59 Å². The highest BCUT2D eigenvalue weighted by atomic mass is 35.5. The van der Waals surface area contributed by atoms with Gasteiger partial charge in [-0.25, -0.2) is 4.39 Å². The number of fused-ring (bicyclic) bond motifs is 1. The van der Waals surface area contributed by atoms with Crippen molar-refractivity contribution in [3.05, 3.63) is 29.0 Å². The maximum Gasteiger partial charge on any atom is 0.311 e. The van der Waals surface area contributed by atoms with Crippen LogP contribution in [0.2, 0.25) is 5.02 Å². The van der Waals surface area contributed by atoms with Gasteiger partial charge < -0.3 is 14.7 Å². The van der Waals surface area contributed by atoms with Gasteiger partial charge in [0.1, 0.15) is 11.6 Å². The normalized spacial score (nSPS) is 26.2. The number of nitrogens with zero attached hydrogens (tertiary/aromatic N) is 1. The molecule has 1 saturated heterocycles. The number of aliphatic carboxylic acids is 1. The van der Waals surface area contributed by atoms with Crippen LogP contribution in [0.4, 0.5) is 4.39 Å². The Labute approximate surface area is 138 Å². The minimum absolute atomic E-state index is 0.0124. The van der Waals surface area contributed by atoms with E-state index in [4.69, 9.17) is 16.3 Å². The summed E-state index contributed by atoms with van der Waals surface area (Å²) in [7, 11) is 0. The molecule has 1 aromatic carbocycles. The Morgan fingerprint density at radius 1 is 1.48 bits per heavy atom. The van der Waals surface area contributed by atoms with Gasteiger partial charge in [-0.1, -0.05) is 18.0 Å². The number of carboxylic acid groups (broad SMARTS) is 1. The highest BCUT2D eigenvalue weighted by Crippen LogP contribution is 2.48. The van der Waals surface area contributed by atoms with Gasteiger partial charge in [-0.05, 0) is 37.0 Å². The second kappa shape index (κ2) is 6.00. The molecule has 0 spiro atoms. The molecule has 0 unspecified atom stereocenters. The number of carbonyl (C=O) groups is 2. The van der Waals surface area contributed by atoms with Crippen molar-refractivity contribution < 1.29 is 23.8 Å². The first-order chi connectivity index (χ1) is 10.9. The highest BCUT2D eigenvalue weighted by Gasteiger charge is 2.55. The topological polar surface area (TPSA) is 66.8 Å². The van der Waals surface area contributed by atoms with E-state index >= 15 is 0 Å². The summed E-state index contributed by atoms with van der Waals surface area (Å²) in [6.07, 6.45) is 2.34. The molecule has 1 aliphatic carbocycles. The first-order valence-corrected chi connectivity index (χ1v) is 7.89. The fourth-order valence-electron chi connectivity index (χ4n) is 3.65. The quantitative estimate of drug-likeness (QED) is 0.914. The molecule has 3 rings (SSSR count). The third-order valence-corrected chi connectivity index (χ3v) is 5.19. The van der Waals surface area contributed by atoms with Crippen molar-refractivity contribution in [2.24, 2.45) is 11.3 Å². The molecular formula is C16H17ClFNO4. The molecule has 1 aliphatic heterocycles. The first kappa shape index (κ1) is 16.1. The van der Waals surface area contributed by atoms with E-state index in [0.29, 0.717) is 13.0 Å². The van der Waals surface area contributed by atoms with E-state index in [0.717, 1.165) is 18.9 Å². The maximum absolute atomic E-state index is 13.0. The van der Waals surface area contributed by atoms with Gasteiger partial charge in [0.05, 0.1) is 10.4 Å². The van der Waals surface area contributed by atoms with Crippen LogP contribution in [0.3, 0.4) is 0 Å². The van der Waals surface area contributed by atoms with Crippen molar-refractivity contribution >= 4 is 23.5 Å². The van der Waals surface area contributed by atoms with Crippen LogP contribution >= 0.6 is 11.6 Å². The van der Waals surface area contributed by atoms with E-state index in [2.05, 4.69) is 0 Å². The van der Waals surface area contributed by atoms with Crippen LogP contribution in [0.5, 0.6) is 5.75 Å². The van der Waals surface area contributed by atoms with E-state index in [-0.39, 0.29) is 35.7 Å². The molecule has 0 aromatic heterocycles. The van der Waals surface area contributed by atoms with Gasteiger partial charge >= 0.3 is 5.97 Å². The number of hydrogen-bond acceptors (Lipinski definition) is 3. The molecule has 1 aromatic rings. The molecule has 2 atom stereocenters. The molecule has 1 heterocycles. The summed E-state index contributed by atoms with van der Waals surface area (Å²) >= 11 is 5.85. The number of carbonyl (C=O) groups excluding carboxylic acids is 1. The summed E-state index contributed by atoms with van der Waals surface area (Å²) in [5, 5.41) is 9.62. The fraction of sp³-hybridized carbons (Fsp3) is 0.500. The van der Waals surface area contributed by atoms with Gasteiger partial charge in [-0.3, -0.25) is 9.59 Å². The Bertz CT molecular complexity index is 653. The molecule has 1 N–H and O–H groups in total. The van der Waals surface area contributed by atoms with Crippen LogP contribution in [0.15, 0.2) is 18.2 Å². The van der Waals surface area contributed by atoms with E-state index in [1.807, 2.05) is 0 Å². The molecule has 2 fully saturated rings. The summed E-state index contributed by atoms with van der Waals surface area (Å²) in [6.45, 7) is 0.436. The lowest BCUT2D eigenvalue weighted by Crippen LogP contribution is -2.38. The van der Waals surface area contributed by atoms with Gasteiger partial charge in [-0.2, -0.15) is 0 Å². The molecule has 23 heavy (non-hydrogen) atoms. The maximum atomic E-state index is 13.0. The van der Waals surface area contributed by atoms with Crippen molar-refractivity contribution in [2.45, 2.75) is 19.3 Å². The number of rotatable bonds is 4. The van der Waals surface area contributed by atoms with Crippen LogP contribution in [0.1, 0.15) is 19.3 Å². The molecular weight excluding hydrogens is 325 g/mol. The van der Waals surface area contributed by atoms with Crippen molar-refractivity contribution in [3.8, 4) is 5.75 Å². The van der Waals surface area contributed by atoms with Crippen molar-refractivity contribution in [3.63, 3.8) is 0 Å². The number of carboxylic acids is 1. The number of amides is 1. The smallest absolute Gasteiger partial charge is 0.311 e. The number of ether oxygens (including phenoxy) is 1. The minimum atomic E-state index is -0.821. The molecule has 0 radical (unpaired) electrons. The third kappa shape index (κ3) is 2.87. The minimum Gasteiger partial charge on any atom is -0.482 e. The van der Waals surface area contributed by atoms with Gasteiger partial charge in [-0.15, -0.1) is 0 Å². The average molecular weight is 342 g/mol. The Balaban J connectivity index is 1.63. The van der Waals surface area contributed by atoms with E-state index in [1.54, 1.807) is 4.90 Å². The van der Waals surface area contributed by atoms with Crippen molar-refractivity contribution in [2.75, 3.05) is 19.7 Å². The standard InChI is InChI=1S/C16H17ClFNO4/c17-12-6-11(18)3-4-13(12)23-8-14(20)19-7-10-2-1-5-16(10,9-19)15(21)22/h3-4,6,10H,1-2,5,7-9H2,(H,21,22)/t10-,16+/m0/s1. The average Bonchev–Trinajstić information content (AvgIpc) is 3.04. The van der Waals surface area contributed by atoms with Crippen LogP contribution in [0.25, 0.3) is 0 Å². The summed E-state index contributed by atoms with van der Waals surface area (Å²) < 4.78 is 18.3. The Morgan fingerprint density at radius 3 is 2.91 bits per heavy atom. The van der Waals surface area contributed by atoms with Gasteiger partial charge in [0.15, 0.2) is 6.61 Å². The predicted molar refractivity (Wildman–Crippen MR) is 80.9 cm³/mol. The highest BCUT2D eigenvalue weighted by molar-refractivity contribution is 6.32. The molecule has 0 bridgehead atoms. The summed E-state index contributed by atoms with van der Waals surface area (Å²) in [6, 6.07) is 3.68. The fourth-order valence-corrected chi connectivity index (χ4v) is 3.87. The lowest BCUT2D eigenvalue weighted by molar-refractivity contribution is -0.149. The monoisotopic (exact) mass is 341 g/mol. The van der Waals surface area contributed by atoms with Crippen molar-refractivity contribution in [1.82, 2.24) is 4.90 Å².